The van der Waals surface area contributed by atoms with Crippen LogP contribution in [-0.2, 0) is 9.53 Å². The Morgan fingerprint density at radius 2 is 1.68 bits per heavy atom. The molecule has 6 nitrogen and oxygen atoms in total. The number of hydrogen-bond donors (Lipinski definition) is 1. The summed E-state index contributed by atoms with van der Waals surface area (Å²) in [5, 5.41) is 2.67. The number of carbonyl (C=O) groups is 2. The van der Waals surface area contributed by atoms with Crippen molar-refractivity contribution in [2.75, 3.05) is 19.0 Å². The van der Waals surface area contributed by atoms with Crippen LogP contribution in [0.1, 0.15) is 21.7 Å². The normalized spacial score (nSPS) is 10.4. The van der Waals surface area contributed by atoms with Crippen molar-refractivity contribution in [1.29, 1.82) is 0 Å². The van der Waals surface area contributed by atoms with Crippen molar-refractivity contribution in [3.8, 4) is 11.4 Å². The van der Waals surface area contributed by atoms with Gasteiger partial charge in [-0.25, -0.2) is 4.79 Å². The lowest BCUT2D eigenvalue weighted by Gasteiger charge is -2.12. The van der Waals surface area contributed by atoms with E-state index in [0.717, 1.165) is 17.1 Å². The summed E-state index contributed by atoms with van der Waals surface area (Å²) >= 11 is 0. The van der Waals surface area contributed by atoms with Crippen LogP contribution in [0.25, 0.3) is 5.69 Å². The number of amides is 1. The number of methoxy groups -OCH3 is 1. The molecule has 0 radical (unpaired) electrons. The predicted octanol–water partition coefficient (Wildman–Crippen LogP) is 3.90. The van der Waals surface area contributed by atoms with Crippen molar-refractivity contribution in [3.05, 3.63) is 77.6 Å². The third kappa shape index (κ3) is 4.23. The average molecular weight is 378 g/mol. The molecule has 0 aliphatic heterocycles. The number of aromatic nitrogens is 1. The second-order valence-corrected chi connectivity index (χ2v) is 6.33. The molecule has 1 N–H and O–H groups in total. The van der Waals surface area contributed by atoms with Crippen molar-refractivity contribution in [3.63, 3.8) is 0 Å². The Morgan fingerprint density at radius 3 is 2.39 bits per heavy atom. The van der Waals surface area contributed by atoms with Gasteiger partial charge < -0.3 is 19.4 Å². The smallest absolute Gasteiger partial charge is 0.338 e. The largest absolute Gasteiger partial charge is 0.495 e. The fraction of sp³-hybridized carbons (Fsp3) is 0.182. The molecule has 28 heavy (non-hydrogen) atoms. The Morgan fingerprint density at radius 1 is 0.964 bits per heavy atom. The molecule has 0 saturated carbocycles. The van der Waals surface area contributed by atoms with Crippen molar-refractivity contribution in [2.24, 2.45) is 0 Å². The molecule has 3 aromatic rings. The number of benzene rings is 2. The summed E-state index contributed by atoms with van der Waals surface area (Å²) in [4.78, 5) is 24.5. The summed E-state index contributed by atoms with van der Waals surface area (Å²) in [7, 11) is 1.52. The Hall–Kier alpha value is -3.54. The lowest BCUT2D eigenvalue weighted by Crippen LogP contribution is -2.21. The molecule has 0 aliphatic rings. The molecule has 0 fully saturated rings. The molecule has 144 valence electrons. The van der Waals surface area contributed by atoms with Crippen LogP contribution in [0.15, 0.2) is 60.7 Å². The minimum atomic E-state index is -0.556. The van der Waals surface area contributed by atoms with E-state index in [1.165, 1.54) is 7.11 Å². The van der Waals surface area contributed by atoms with E-state index in [4.69, 9.17) is 9.47 Å². The van der Waals surface area contributed by atoms with Crippen LogP contribution in [0.4, 0.5) is 5.69 Å². The van der Waals surface area contributed by atoms with Crippen LogP contribution in [-0.4, -0.2) is 30.2 Å². The van der Waals surface area contributed by atoms with Crippen LogP contribution in [0.5, 0.6) is 5.75 Å². The zero-order valence-corrected chi connectivity index (χ0v) is 16.1. The van der Waals surface area contributed by atoms with Gasteiger partial charge in [-0.05, 0) is 56.3 Å². The zero-order chi connectivity index (χ0) is 20.1. The molecule has 0 bridgehead atoms. The van der Waals surface area contributed by atoms with E-state index in [9.17, 15) is 9.59 Å². The van der Waals surface area contributed by atoms with Crippen LogP contribution in [0.3, 0.4) is 0 Å². The first-order valence-corrected chi connectivity index (χ1v) is 8.85. The van der Waals surface area contributed by atoms with Crippen molar-refractivity contribution >= 4 is 17.6 Å². The molecule has 1 heterocycles. The highest BCUT2D eigenvalue weighted by molar-refractivity contribution is 5.96. The molecule has 0 unspecified atom stereocenters. The molecule has 0 atom stereocenters. The standard InChI is InChI=1S/C22H22N2O4/c1-15-11-12-16(2)24(15)18-8-6-7-17(13-18)22(26)28-14-21(25)23-19-9-4-5-10-20(19)27-3/h4-13H,14H2,1-3H3,(H,23,25). The molecular weight excluding hydrogens is 356 g/mol. The molecule has 0 aliphatic carbocycles. The van der Waals surface area contributed by atoms with Gasteiger partial charge in [0.1, 0.15) is 5.75 Å². The molecule has 6 heteroatoms. The third-order valence-corrected chi connectivity index (χ3v) is 4.33. The summed E-state index contributed by atoms with van der Waals surface area (Å²) in [6, 6.07) is 18.2. The number of ether oxygens (including phenoxy) is 2. The summed E-state index contributed by atoms with van der Waals surface area (Å²) in [5.74, 6) is -0.460. The van der Waals surface area contributed by atoms with Gasteiger partial charge in [-0.3, -0.25) is 4.79 Å². The fourth-order valence-corrected chi connectivity index (χ4v) is 3.00. The van der Waals surface area contributed by atoms with Gasteiger partial charge in [0.15, 0.2) is 6.61 Å². The van der Waals surface area contributed by atoms with E-state index in [-0.39, 0.29) is 6.61 Å². The highest BCUT2D eigenvalue weighted by Gasteiger charge is 2.13. The first-order valence-electron chi connectivity index (χ1n) is 8.85. The van der Waals surface area contributed by atoms with Gasteiger partial charge in [-0.2, -0.15) is 0 Å². The number of nitrogens with one attached hydrogen (secondary N) is 1. The number of carbonyl (C=O) groups excluding carboxylic acids is 2. The van der Waals surface area contributed by atoms with E-state index in [2.05, 4.69) is 5.32 Å². The highest BCUT2D eigenvalue weighted by Crippen LogP contribution is 2.23. The van der Waals surface area contributed by atoms with E-state index in [1.807, 2.05) is 36.6 Å². The maximum atomic E-state index is 12.4. The van der Waals surface area contributed by atoms with Gasteiger partial charge in [0.05, 0.1) is 18.4 Å². The van der Waals surface area contributed by atoms with Crippen LogP contribution in [0, 0.1) is 13.8 Å². The third-order valence-electron chi connectivity index (χ3n) is 4.33. The minimum absolute atomic E-state index is 0.384. The van der Waals surface area contributed by atoms with Crippen molar-refractivity contribution in [1.82, 2.24) is 4.57 Å². The fourth-order valence-electron chi connectivity index (χ4n) is 3.00. The topological polar surface area (TPSA) is 69.6 Å². The summed E-state index contributed by atoms with van der Waals surface area (Å²) < 4.78 is 12.4. The van der Waals surface area contributed by atoms with E-state index in [0.29, 0.717) is 17.0 Å². The number of anilines is 1. The number of aryl methyl sites for hydroxylation is 2. The van der Waals surface area contributed by atoms with Gasteiger partial charge >= 0.3 is 5.97 Å². The van der Waals surface area contributed by atoms with E-state index < -0.39 is 11.9 Å². The first kappa shape index (κ1) is 19.2. The van der Waals surface area contributed by atoms with E-state index in [1.54, 1.807) is 42.5 Å². The zero-order valence-electron chi connectivity index (χ0n) is 16.1. The molecule has 1 amide bonds. The summed E-state index contributed by atoms with van der Waals surface area (Å²) in [6.07, 6.45) is 0. The Labute approximate surface area is 163 Å². The summed E-state index contributed by atoms with van der Waals surface area (Å²) in [5.41, 5.74) is 3.91. The molecule has 0 spiro atoms. The van der Waals surface area contributed by atoms with Crippen molar-refractivity contribution in [2.45, 2.75) is 13.8 Å². The van der Waals surface area contributed by atoms with Gasteiger partial charge in [0.2, 0.25) is 0 Å². The second-order valence-electron chi connectivity index (χ2n) is 6.33. The van der Waals surface area contributed by atoms with Gasteiger partial charge in [0, 0.05) is 17.1 Å². The number of nitrogens with zero attached hydrogens (tertiary/aromatic N) is 1. The molecule has 2 aromatic carbocycles. The first-order chi connectivity index (χ1) is 13.5. The van der Waals surface area contributed by atoms with Gasteiger partial charge in [-0.1, -0.05) is 18.2 Å². The SMILES string of the molecule is COc1ccccc1NC(=O)COC(=O)c1cccc(-n2c(C)ccc2C)c1. The minimum Gasteiger partial charge on any atom is -0.495 e. The number of para-hydroxylation sites is 2. The quantitative estimate of drug-likeness (QED) is 0.661. The monoisotopic (exact) mass is 378 g/mol. The van der Waals surface area contributed by atoms with Crippen molar-refractivity contribution < 1.29 is 19.1 Å². The molecule has 0 saturated heterocycles. The van der Waals surface area contributed by atoms with Crippen LogP contribution < -0.4 is 10.1 Å². The summed E-state index contributed by atoms with van der Waals surface area (Å²) in [6.45, 7) is 3.61. The van der Waals surface area contributed by atoms with Gasteiger partial charge in [0.25, 0.3) is 5.91 Å². The van der Waals surface area contributed by atoms with Gasteiger partial charge in [-0.15, -0.1) is 0 Å². The van der Waals surface area contributed by atoms with Crippen LogP contribution >= 0.6 is 0 Å². The van der Waals surface area contributed by atoms with Crippen LogP contribution in [0.2, 0.25) is 0 Å². The number of esters is 1. The maximum Gasteiger partial charge on any atom is 0.338 e. The van der Waals surface area contributed by atoms with E-state index >= 15 is 0 Å². The Kier molecular flexibility index (Phi) is 5.79. The molecule has 1 aromatic heterocycles. The highest BCUT2D eigenvalue weighted by atomic mass is 16.5. The Bertz CT molecular complexity index is 988. The predicted molar refractivity (Wildman–Crippen MR) is 107 cm³/mol. The molecular formula is C22H22N2O4. The number of hydrogen-bond acceptors (Lipinski definition) is 4. The second kappa shape index (κ2) is 8.43. The Balaban J connectivity index is 1.65. The lowest BCUT2D eigenvalue weighted by molar-refractivity contribution is -0.119. The lowest BCUT2D eigenvalue weighted by atomic mass is 10.2. The number of rotatable bonds is 6. The average Bonchev–Trinajstić information content (AvgIpc) is 3.04. The molecule has 3 rings (SSSR count). The maximum absolute atomic E-state index is 12.4.